The molecule has 1 aromatic carbocycles. The Morgan fingerprint density at radius 1 is 0.971 bits per heavy atom. The highest BCUT2D eigenvalue weighted by Crippen LogP contribution is 2.04. The van der Waals surface area contributed by atoms with E-state index in [1.165, 1.54) is 19.4 Å². The smallest absolute Gasteiger partial charge is 0.326 e. The number of carbonyl (C=O) groups excluding carboxylic acids is 4. The zero-order valence-corrected chi connectivity index (χ0v) is 19.1. The minimum Gasteiger partial charge on any atom is -0.480 e. The third-order valence-corrected chi connectivity index (χ3v) is 5.02. The van der Waals surface area contributed by atoms with Gasteiger partial charge in [0.25, 0.3) is 0 Å². The van der Waals surface area contributed by atoms with Gasteiger partial charge in [0.15, 0.2) is 0 Å². The number of nitrogens with zero attached hydrogens (tertiary/aromatic N) is 1. The number of aromatic nitrogens is 2. The van der Waals surface area contributed by atoms with Crippen molar-refractivity contribution in [3.63, 3.8) is 0 Å². The maximum absolute atomic E-state index is 12.7. The van der Waals surface area contributed by atoms with Gasteiger partial charge in [-0.15, -0.1) is 0 Å². The molecule has 0 aliphatic heterocycles. The quantitative estimate of drug-likeness (QED) is 0.166. The Morgan fingerprint density at radius 3 is 2.20 bits per heavy atom. The van der Waals surface area contributed by atoms with Gasteiger partial charge in [-0.05, 0) is 18.9 Å². The van der Waals surface area contributed by atoms with Crippen LogP contribution in [0.3, 0.4) is 0 Å². The van der Waals surface area contributed by atoms with Crippen molar-refractivity contribution >= 4 is 29.6 Å². The number of imidazole rings is 1. The number of aromatic amines is 1. The summed E-state index contributed by atoms with van der Waals surface area (Å²) < 4.78 is 0. The van der Waals surface area contributed by atoms with E-state index in [0.717, 1.165) is 5.56 Å². The number of rotatable bonds is 13. The average molecular weight is 488 g/mol. The second-order valence-corrected chi connectivity index (χ2v) is 7.94. The molecule has 1 aromatic heterocycles. The van der Waals surface area contributed by atoms with E-state index in [1.807, 2.05) is 30.3 Å². The van der Waals surface area contributed by atoms with Crippen LogP contribution in [0.4, 0.5) is 0 Å². The summed E-state index contributed by atoms with van der Waals surface area (Å²) in [6.45, 7) is 1.37. The minimum absolute atomic E-state index is 0.107. The highest BCUT2D eigenvalue weighted by molar-refractivity contribution is 5.96. The number of carboxylic acids is 1. The first-order valence-electron chi connectivity index (χ1n) is 10.8. The molecular weight excluding hydrogens is 458 g/mol. The van der Waals surface area contributed by atoms with E-state index in [1.54, 1.807) is 0 Å². The maximum Gasteiger partial charge on any atom is 0.326 e. The van der Waals surface area contributed by atoms with E-state index >= 15 is 0 Å². The molecule has 0 fully saturated rings. The predicted octanol–water partition coefficient (Wildman–Crippen LogP) is -2.04. The van der Waals surface area contributed by atoms with Crippen molar-refractivity contribution in [2.45, 2.75) is 50.4 Å². The van der Waals surface area contributed by atoms with E-state index in [4.69, 9.17) is 11.5 Å². The first-order chi connectivity index (χ1) is 16.6. The summed E-state index contributed by atoms with van der Waals surface area (Å²) in [6.07, 6.45) is 2.32. The number of primary amides is 1. The molecule has 9 N–H and O–H groups in total. The number of aliphatic carboxylic acids is 1. The number of nitrogens with one attached hydrogen (secondary N) is 4. The summed E-state index contributed by atoms with van der Waals surface area (Å²) in [5.41, 5.74) is 12.4. The Hall–Kier alpha value is -4.26. The number of nitrogens with two attached hydrogens (primary N) is 2. The molecule has 0 bridgehead atoms. The van der Waals surface area contributed by atoms with Crippen molar-refractivity contribution in [1.82, 2.24) is 25.9 Å². The zero-order chi connectivity index (χ0) is 26.0. The molecule has 0 aliphatic carbocycles. The molecule has 0 radical (unpaired) electrons. The molecule has 0 saturated carbocycles. The SMILES string of the molecule is CC(NC(=O)C(N)Cc1ccccc1)C(=O)NC(CC(N)=O)C(=O)NC(Cc1cnc[nH]1)C(=O)O. The van der Waals surface area contributed by atoms with Gasteiger partial charge in [0.1, 0.15) is 18.1 Å². The van der Waals surface area contributed by atoms with Crippen LogP contribution in [0, 0.1) is 0 Å². The molecule has 0 saturated heterocycles. The monoisotopic (exact) mass is 487 g/mol. The maximum atomic E-state index is 12.7. The fourth-order valence-electron chi connectivity index (χ4n) is 3.14. The van der Waals surface area contributed by atoms with E-state index < -0.39 is 60.2 Å². The van der Waals surface area contributed by atoms with Crippen LogP contribution in [0.5, 0.6) is 0 Å². The van der Waals surface area contributed by atoms with Crippen LogP contribution in [0.15, 0.2) is 42.9 Å². The largest absolute Gasteiger partial charge is 0.480 e. The van der Waals surface area contributed by atoms with Gasteiger partial charge in [-0.3, -0.25) is 19.2 Å². The summed E-state index contributed by atoms with van der Waals surface area (Å²) in [7, 11) is 0. The van der Waals surface area contributed by atoms with Crippen LogP contribution in [-0.4, -0.2) is 68.8 Å². The second-order valence-electron chi connectivity index (χ2n) is 7.94. The van der Waals surface area contributed by atoms with Crippen molar-refractivity contribution in [3.05, 3.63) is 54.1 Å². The summed E-state index contributed by atoms with van der Waals surface area (Å²) >= 11 is 0. The molecule has 13 nitrogen and oxygen atoms in total. The van der Waals surface area contributed by atoms with Gasteiger partial charge in [-0.1, -0.05) is 30.3 Å². The van der Waals surface area contributed by atoms with Crippen LogP contribution in [-0.2, 0) is 36.8 Å². The van der Waals surface area contributed by atoms with Gasteiger partial charge in [-0.2, -0.15) is 0 Å². The molecular formula is C22H29N7O6. The van der Waals surface area contributed by atoms with E-state index in [-0.39, 0.29) is 12.8 Å². The molecule has 4 amide bonds. The molecule has 13 heteroatoms. The van der Waals surface area contributed by atoms with Crippen LogP contribution < -0.4 is 27.4 Å². The number of benzene rings is 1. The topological polar surface area (TPSA) is 222 Å². The minimum atomic E-state index is -1.46. The lowest BCUT2D eigenvalue weighted by Gasteiger charge is -2.23. The Kier molecular flexibility index (Phi) is 9.90. The average Bonchev–Trinajstić information content (AvgIpc) is 3.31. The van der Waals surface area contributed by atoms with Gasteiger partial charge in [0.2, 0.25) is 23.6 Å². The van der Waals surface area contributed by atoms with E-state index in [2.05, 4.69) is 25.9 Å². The molecule has 1 heterocycles. The summed E-state index contributed by atoms with van der Waals surface area (Å²) in [6, 6.07) is 4.23. The third kappa shape index (κ3) is 8.89. The first kappa shape index (κ1) is 27.0. The number of hydrogen-bond donors (Lipinski definition) is 7. The molecule has 2 rings (SSSR count). The van der Waals surface area contributed by atoms with Gasteiger partial charge < -0.3 is 37.5 Å². The number of H-pyrrole nitrogens is 1. The van der Waals surface area contributed by atoms with E-state index in [9.17, 15) is 29.1 Å². The lowest BCUT2D eigenvalue weighted by atomic mass is 10.1. The van der Waals surface area contributed by atoms with Gasteiger partial charge in [0, 0.05) is 18.3 Å². The number of carboxylic acid groups (broad SMARTS) is 1. The number of amides is 4. The number of hydrogen-bond acceptors (Lipinski definition) is 7. The van der Waals surface area contributed by atoms with Crippen molar-refractivity contribution in [2.75, 3.05) is 0 Å². The molecule has 2 aromatic rings. The molecule has 0 aliphatic rings. The Labute approximate surface area is 201 Å². The first-order valence-corrected chi connectivity index (χ1v) is 10.8. The number of carbonyl (C=O) groups is 5. The van der Waals surface area contributed by atoms with Crippen molar-refractivity contribution in [3.8, 4) is 0 Å². The highest BCUT2D eigenvalue weighted by Gasteiger charge is 2.30. The molecule has 4 unspecified atom stereocenters. The van der Waals surface area contributed by atoms with Crippen molar-refractivity contribution in [1.29, 1.82) is 0 Å². The van der Waals surface area contributed by atoms with Crippen LogP contribution in [0.25, 0.3) is 0 Å². The molecule has 35 heavy (non-hydrogen) atoms. The summed E-state index contributed by atoms with van der Waals surface area (Å²) in [4.78, 5) is 67.2. The Morgan fingerprint density at radius 2 is 1.63 bits per heavy atom. The third-order valence-electron chi connectivity index (χ3n) is 5.02. The lowest BCUT2D eigenvalue weighted by molar-refractivity contribution is -0.142. The predicted molar refractivity (Wildman–Crippen MR) is 123 cm³/mol. The van der Waals surface area contributed by atoms with E-state index in [0.29, 0.717) is 5.69 Å². The molecule has 0 spiro atoms. The Bertz CT molecular complexity index is 1030. The van der Waals surface area contributed by atoms with Crippen LogP contribution >= 0.6 is 0 Å². The Balaban J connectivity index is 1.98. The van der Waals surface area contributed by atoms with Crippen LogP contribution in [0.1, 0.15) is 24.6 Å². The highest BCUT2D eigenvalue weighted by atomic mass is 16.4. The zero-order valence-electron chi connectivity index (χ0n) is 19.1. The van der Waals surface area contributed by atoms with Gasteiger partial charge in [0.05, 0.1) is 18.8 Å². The van der Waals surface area contributed by atoms with Gasteiger partial charge >= 0.3 is 5.97 Å². The second kappa shape index (κ2) is 12.8. The van der Waals surface area contributed by atoms with Crippen molar-refractivity contribution < 1.29 is 29.1 Å². The normalized spacial score (nSPS) is 14.1. The fourth-order valence-corrected chi connectivity index (χ4v) is 3.14. The van der Waals surface area contributed by atoms with Crippen LogP contribution in [0.2, 0.25) is 0 Å². The fraction of sp³-hybridized carbons (Fsp3) is 0.364. The lowest BCUT2D eigenvalue weighted by Crippen LogP contribution is -2.57. The standard InChI is InChI=1S/C22H29N7O6/c1-12(27-20(32)15(23)7-13-5-3-2-4-6-13)19(31)28-16(9-18(24)30)21(33)29-17(22(34)35)8-14-10-25-11-26-14/h2-6,10-12,15-17H,7-9,23H2,1H3,(H2,24,30)(H,25,26)(H,27,32)(H,28,31)(H,29,33)(H,34,35). The summed E-state index contributed by atoms with van der Waals surface area (Å²) in [5, 5.41) is 16.5. The van der Waals surface area contributed by atoms with Crippen molar-refractivity contribution in [2.24, 2.45) is 11.5 Å². The molecule has 188 valence electrons. The molecule has 4 atom stereocenters. The summed E-state index contributed by atoms with van der Waals surface area (Å²) in [5.74, 6) is -4.52. The van der Waals surface area contributed by atoms with Gasteiger partial charge in [-0.25, -0.2) is 9.78 Å².